The molecule has 8 aromatic carbocycles. The molecule has 0 N–H and O–H groups in total. The fourth-order valence-electron chi connectivity index (χ4n) is 8.76. The molecule has 0 atom stereocenters. The largest absolute Gasteiger partial charge is 0.308 e. The molecule has 1 aliphatic heterocycles. The molecule has 1 spiro atoms. The summed E-state index contributed by atoms with van der Waals surface area (Å²) < 4.78 is 2.55. The quantitative estimate of drug-likeness (QED) is 0.178. The van der Waals surface area contributed by atoms with Gasteiger partial charge in [-0.3, -0.25) is 0 Å². The van der Waals surface area contributed by atoms with Gasteiger partial charge in [0.05, 0.1) is 16.4 Å². The molecule has 0 bridgehead atoms. The third-order valence-corrected chi connectivity index (χ3v) is 11.8. The van der Waals surface area contributed by atoms with Crippen molar-refractivity contribution >= 4 is 55.1 Å². The maximum absolute atomic E-state index is 2.55. The van der Waals surface area contributed by atoms with Crippen LogP contribution in [0, 0.1) is 0 Å². The molecule has 11 rings (SSSR count). The standard InChI is InChI=1S/C45H27NS/c1-2-13-30-27-31(23-21-28(30)11-1)46-40-26-22-29-12-3-4-14-32(29)42(40)35-24-25-39-44(43(35)46)47-41-20-10-9-19-38(41)45(39)36-17-7-5-15-33(36)34-16-6-8-18-37(34)45/h1-27H. The Labute approximate surface area is 276 Å². The highest BCUT2D eigenvalue weighted by atomic mass is 32.2. The van der Waals surface area contributed by atoms with Crippen LogP contribution in [0.1, 0.15) is 22.3 Å². The molecule has 1 aliphatic carbocycles. The Morgan fingerprint density at radius 2 is 1.09 bits per heavy atom. The lowest BCUT2D eigenvalue weighted by Crippen LogP contribution is -2.32. The van der Waals surface area contributed by atoms with E-state index < -0.39 is 5.41 Å². The van der Waals surface area contributed by atoms with Crippen LogP contribution in [0.25, 0.3) is 60.2 Å². The lowest BCUT2D eigenvalue weighted by Gasteiger charge is -2.40. The van der Waals surface area contributed by atoms with Crippen molar-refractivity contribution < 1.29 is 0 Å². The molecule has 0 fully saturated rings. The molecule has 218 valence electrons. The van der Waals surface area contributed by atoms with Gasteiger partial charge < -0.3 is 4.57 Å². The van der Waals surface area contributed by atoms with Crippen LogP contribution in [0.15, 0.2) is 174 Å². The summed E-state index contributed by atoms with van der Waals surface area (Å²) in [6.07, 6.45) is 0. The average molecular weight is 614 g/mol. The third-order valence-electron chi connectivity index (χ3n) is 10.6. The molecule has 0 saturated carbocycles. The van der Waals surface area contributed by atoms with E-state index in [9.17, 15) is 0 Å². The summed E-state index contributed by atoms with van der Waals surface area (Å²) in [5.74, 6) is 0. The molecule has 1 aromatic heterocycles. The minimum absolute atomic E-state index is 0.411. The van der Waals surface area contributed by atoms with Crippen molar-refractivity contribution in [2.24, 2.45) is 0 Å². The summed E-state index contributed by atoms with van der Waals surface area (Å²) in [4.78, 5) is 2.65. The smallest absolute Gasteiger partial charge is 0.0736 e. The molecule has 0 radical (unpaired) electrons. The zero-order valence-corrected chi connectivity index (χ0v) is 26.3. The summed E-state index contributed by atoms with van der Waals surface area (Å²) in [6, 6.07) is 61.2. The second-order valence-electron chi connectivity index (χ2n) is 12.8. The van der Waals surface area contributed by atoms with Crippen LogP contribution in [0.3, 0.4) is 0 Å². The van der Waals surface area contributed by atoms with Crippen LogP contribution >= 0.6 is 11.8 Å². The zero-order chi connectivity index (χ0) is 30.7. The minimum Gasteiger partial charge on any atom is -0.308 e. The predicted octanol–water partition coefficient (Wildman–Crippen LogP) is 11.9. The van der Waals surface area contributed by atoms with E-state index in [-0.39, 0.29) is 0 Å². The molecule has 0 unspecified atom stereocenters. The number of nitrogens with zero attached hydrogens (tertiary/aromatic N) is 1. The van der Waals surface area contributed by atoms with Crippen LogP contribution in [-0.4, -0.2) is 4.57 Å². The van der Waals surface area contributed by atoms with E-state index in [1.54, 1.807) is 0 Å². The van der Waals surface area contributed by atoms with Gasteiger partial charge >= 0.3 is 0 Å². The number of hydrogen-bond acceptors (Lipinski definition) is 1. The molecule has 1 nitrogen and oxygen atoms in total. The lowest BCUT2D eigenvalue weighted by atomic mass is 9.67. The fourth-order valence-corrected chi connectivity index (χ4v) is 10.1. The van der Waals surface area contributed by atoms with Crippen molar-refractivity contribution in [2.75, 3.05) is 0 Å². The van der Waals surface area contributed by atoms with E-state index in [4.69, 9.17) is 0 Å². The van der Waals surface area contributed by atoms with E-state index in [1.807, 2.05) is 11.8 Å². The molecule has 0 amide bonds. The summed E-state index contributed by atoms with van der Waals surface area (Å²) in [5, 5.41) is 7.68. The Morgan fingerprint density at radius 3 is 1.89 bits per heavy atom. The van der Waals surface area contributed by atoms with E-state index in [1.165, 1.54) is 92.2 Å². The van der Waals surface area contributed by atoms with E-state index in [2.05, 4.69) is 168 Å². The van der Waals surface area contributed by atoms with Crippen LogP contribution in [0.5, 0.6) is 0 Å². The normalized spacial score (nSPS) is 14.0. The second kappa shape index (κ2) is 9.25. The number of benzene rings is 8. The van der Waals surface area contributed by atoms with Gasteiger partial charge in [0.25, 0.3) is 0 Å². The second-order valence-corrected chi connectivity index (χ2v) is 13.9. The maximum Gasteiger partial charge on any atom is 0.0736 e. The molecular weight excluding hydrogens is 587 g/mol. The van der Waals surface area contributed by atoms with Crippen molar-refractivity contribution in [1.82, 2.24) is 4.57 Å². The number of fused-ring (bicyclic) bond motifs is 16. The van der Waals surface area contributed by atoms with Crippen molar-refractivity contribution in [2.45, 2.75) is 15.2 Å². The maximum atomic E-state index is 2.55. The van der Waals surface area contributed by atoms with Gasteiger partial charge in [-0.1, -0.05) is 151 Å². The first kappa shape index (κ1) is 25.6. The SMILES string of the molecule is c1ccc2c(c1)Sc1c(ccc3c4c5ccccc5ccc4n(-c4ccc5ccccc5c4)c13)C21c2ccccc2-c2ccccc21. The topological polar surface area (TPSA) is 4.93 Å². The third kappa shape index (κ3) is 3.21. The van der Waals surface area contributed by atoms with Gasteiger partial charge in [0.1, 0.15) is 0 Å². The van der Waals surface area contributed by atoms with Crippen molar-refractivity contribution in [1.29, 1.82) is 0 Å². The van der Waals surface area contributed by atoms with E-state index in [0.29, 0.717) is 0 Å². The number of hydrogen-bond donors (Lipinski definition) is 0. The molecule has 47 heavy (non-hydrogen) atoms. The predicted molar refractivity (Wildman–Crippen MR) is 197 cm³/mol. The van der Waals surface area contributed by atoms with Crippen LogP contribution in [-0.2, 0) is 5.41 Å². The van der Waals surface area contributed by atoms with Crippen molar-refractivity contribution in [3.05, 3.63) is 186 Å². The zero-order valence-electron chi connectivity index (χ0n) is 25.4. The Bertz CT molecular complexity index is 2740. The summed E-state index contributed by atoms with van der Waals surface area (Å²) >= 11 is 1.93. The minimum atomic E-state index is -0.411. The van der Waals surface area contributed by atoms with E-state index in [0.717, 1.165) is 0 Å². The van der Waals surface area contributed by atoms with Gasteiger partial charge in [-0.2, -0.15) is 0 Å². The molecule has 0 saturated heterocycles. The van der Waals surface area contributed by atoms with Gasteiger partial charge in [-0.05, 0) is 79.2 Å². The summed E-state index contributed by atoms with van der Waals surface area (Å²) in [6.45, 7) is 0. The van der Waals surface area contributed by atoms with Crippen molar-refractivity contribution in [3.8, 4) is 16.8 Å². The first-order valence-corrected chi connectivity index (χ1v) is 17.1. The van der Waals surface area contributed by atoms with Gasteiger partial charge in [-0.25, -0.2) is 0 Å². The van der Waals surface area contributed by atoms with Gasteiger partial charge in [0.15, 0.2) is 0 Å². The molecule has 2 heteroatoms. The van der Waals surface area contributed by atoms with E-state index >= 15 is 0 Å². The molecule has 2 aliphatic rings. The molecular formula is C45H27NS. The monoisotopic (exact) mass is 613 g/mol. The van der Waals surface area contributed by atoms with Gasteiger partial charge in [-0.15, -0.1) is 0 Å². The Balaban J connectivity index is 1.36. The highest BCUT2D eigenvalue weighted by Gasteiger charge is 2.50. The Morgan fingerprint density at radius 1 is 0.447 bits per heavy atom. The number of aromatic nitrogens is 1. The average Bonchev–Trinajstić information content (AvgIpc) is 3.63. The van der Waals surface area contributed by atoms with Crippen molar-refractivity contribution in [3.63, 3.8) is 0 Å². The Hall–Kier alpha value is -5.57. The molecule has 2 heterocycles. The molecule has 9 aromatic rings. The van der Waals surface area contributed by atoms with Gasteiger partial charge in [0.2, 0.25) is 0 Å². The Kier molecular flexibility index (Phi) is 5.04. The highest BCUT2D eigenvalue weighted by Crippen LogP contribution is 2.63. The fraction of sp³-hybridized carbons (Fsp3) is 0.0222. The lowest BCUT2D eigenvalue weighted by molar-refractivity contribution is 0.724. The van der Waals surface area contributed by atoms with Gasteiger partial charge in [0, 0.05) is 26.3 Å². The van der Waals surface area contributed by atoms with Crippen LogP contribution in [0.4, 0.5) is 0 Å². The first-order chi connectivity index (χ1) is 23.3. The summed E-state index contributed by atoms with van der Waals surface area (Å²) in [5.41, 5.74) is 11.4. The first-order valence-electron chi connectivity index (χ1n) is 16.3. The summed E-state index contributed by atoms with van der Waals surface area (Å²) in [7, 11) is 0. The highest BCUT2D eigenvalue weighted by molar-refractivity contribution is 7.99. The van der Waals surface area contributed by atoms with Crippen LogP contribution < -0.4 is 0 Å². The van der Waals surface area contributed by atoms with Crippen LogP contribution in [0.2, 0.25) is 0 Å². The number of rotatable bonds is 1.